The first-order valence-electron chi connectivity index (χ1n) is 8.57. The van der Waals surface area contributed by atoms with Gasteiger partial charge in [0.15, 0.2) is 5.78 Å². The van der Waals surface area contributed by atoms with Gasteiger partial charge >= 0.3 is 0 Å². The van der Waals surface area contributed by atoms with Crippen LogP contribution in [0.1, 0.15) is 39.7 Å². The lowest BCUT2D eigenvalue weighted by Crippen LogP contribution is -2.15. The zero-order valence-corrected chi connectivity index (χ0v) is 14.4. The van der Waals surface area contributed by atoms with Crippen molar-refractivity contribution in [3.63, 3.8) is 0 Å². The van der Waals surface area contributed by atoms with E-state index in [0.29, 0.717) is 11.3 Å². The molecular formula is C23H20N2O. The lowest BCUT2D eigenvalue weighted by atomic mass is 9.78. The van der Waals surface area contributed by atoms with E-state index in [1.165, 1.54) is 0 Å². The number of benzene rings is 3. The molecule has 0 aliphatic rings. The molecule has 3 rings (SSSR count). The molecule has 0 radical (unpaired) electrons. The minimum atomic E-state index is -0.425. The van der Waals surface area contributed by atoms with E-state index >= 15 is 0 Å². The van der Waals surface area contributed by atoms with E-state index in [9.17, 15) is 10.1 Å². The minimum Gasteiger partial charge on any atom is -0.399 e. The molecule has 0 saturated carbocycles. The first-order chi connectivity index (χ1) is 12.7. The molecule has 0 aliphatic heterocycles. The number of hydrogen-bond donors (Lipinski definition) is 1. The van der Waals surface area contributed by atoms with Gasteiger partial charge in [-0.15, -0.1) is 0 Å². The predicted octanol–water partition coefficient (Wildman–Crippen LogP) is 4.93. The summed E-state index contributed by atoms with van der Waals surface area (Å²) in [5, 5.41) is 9.87. The molecule has 3 aromatic rings. The van der Waals surface area contributed by atoms with Crippen molar-refractivity contribution in [1.29, 1.82) is 5.26 Å². The summed E-state index contributed by atoms with van der Waals surface area (Å²) in [6.45, 7) is 0. The van der Waals surface area contributed by atoms with Crippen LogP contribution in [0.3, 0.4) is 0 Å². The number of ketones is 1. The SMILES string of the molecule is N#C[C@H](c1ccc(N)cc1)[C@H](CC(=O)c1ccccc1)c1ccccc1. The quantitative estimate of drug-likeness (QED) is 0.511. The second-order valence-electron chi connectivity index (χ2n) is 6.28. The highest BCUT2D eigenvalue weighted by atomic mass is 16.1. The summed E-state index contributed by atoms with van der Waals surface area (Å²) in [6, 6.07) is 28.7. The highest BCUT2D eigenvalue weighted by molar-refractivity contribution is 5.96. The standard InChI is InChI=1S/C23H20N2O/c24-16-22(18-11-13-20(25)14-12-18)21(17-7-3-1-4-8-17)15-23(26)19-9-5-2-6-10-19/h1-14,21-22H,15,25H2/t21-,22-/m1/s1. The van der Waals surface area contributed by atoms with E-state index in [1.807, 2.05) is 72.8 Å². The average Bonchev–Trinajstić information content (AvgIpc) is 2.70. The van der Waals surface area contributed by atoms with Crippen LogP contribution >= 0.6 is 0 Å². The van der Waals surface area contributed by atoms with E-state index in [2.05, 4.69) is 6.07 Å². The van der Waals surface area contributed by atoms with Gasteiger partial charge in [0.05, 0.1) is 12.0 Å². The zero-order chi connectivity index (χ0) is 18.4. The Morgan fingerprint density at radius 1 is 0.846 bits per heavy atom. The number of rotatable bonds is 6. The van der Waals surface area contributed by atoms with Crippen molar-refractivity contribution in [2.24, 2.45) is 0 Å². The van der Waals surface area contributed by atoms with Gasteiger partial charge in [0.1, 0.15) is 0 Å². The van der Waals surface area contributed by atoms with E-state index in [-0.39, 0.29) is 18.1 Å². The average molecular weight is 340 g/mol. The third-order valence-electron chi connectivity index (χ3n) is 4.57. The van der Waals surface area contributed by atoms with Gasteiger partial charge in [-0.3, -0.25) is 4.79 Å². The Hall–Kier alpha value is -3.38. The molecule has 0 amide bonds. The molecule has 3 nitrogen and oxygen atoms in total. The molecule has 3 heteroatoms. The van der Waals surface area contributed by atoms with Crippen molar-refractivity contribution in [2.75, 3.05) is 5.73 Å². The maximum Gasteiger partial charge on any atom is 0.163 e. The van der Waals surface area contributed by atoms with Crippen LogP contribution in [-0.2, 0) is 0 Å². The Labute approximate surface area is 153 Å². The van der Waals surface area contributed by atoms with Gasteiger partial charge in [-0.1, -0.05) is 72.8 Å². The Morgan fingerprint density at radius 3 is 2.00 bits per heavy atom. The van der Waals surface area contributed by atoms with Crippen molar-refractivity contribution >= 4 is 11.5 Å². The summed E-state index contributed by atoms with van der Waals surface area (Å²) >= 11 is 0. The smallest absolute Gasteiger partial charge is 0.163 e. The van der Waals surface area contributed by atoms with E-state index in [4.69, 9.17) is 5.73 Å². The molecule has 0 unspecified atom stereocenters. The van der Waals surface area contributed by atoms with Crippen molar-refractivity contribution in [3.05, 3.63) is 102 Å². The largest absolute Gasteiger partial charge is 0.399 e. The zero-order valence-electron chi connectivity index (χ0n) is 14.4. The Morgan fingerprint density at radius 2 is 1.42 bits per heavy atom. The van der Waals surface area contributed by atoms with Gasteiger partial charge in [-0.2, -0.15) is 5.26 Å². The number of nitrogens with two attached hydrogens (primary N) is 1. The fraction of sp³-hybridized carbons (Fsp3) is 0.130. The molecule has 3 aromatic carbocycles. The van der Waals surface area contributed by atoms with Crippen molar-refractivity contribution in [3.8, 4) is 6.07 Å². The molecule has 0 fully saturated rings. The van der Waals surface area contributed by atoms with Crippen molar-refractivity contribution in [1.82, 2.24) is 0 Å². The third-order valence-corrected chi connectivity index (χ3v) is 4.57. The predicted molar refractivity (Wildman–Crippen MR) is 104 cm³/mol. The van der Waals surface area contributed by atoms with Gasteiger partial charge < -0.3 is 5.73 Å². The Kier molecular flexibility index (Phi) is 5.46. The topological polar surface area (TPSA) is 66.9 Å². The first kappa shape index (κ1) is 17.4. The first-order valence-corrected chi connectivity index (χ1v) is 8.57. The molecular weight excluding hydrogens is 320 g/mol. The number of Topliss-reactive ketones (excluding diaryl/α,β-unsaturated/α-hetero) is 1. The van der Waals surface area contributed by atoms with Crippen LogP contribution in [0.15, 0.2) is 84.9 Å². The van der Waals surface area contributed by atoms with Gasteiger partial charge in [0.2, 0.25) is 0 Å². The Balaban J connectivity index is 1.96. The summed E-state index contributed by atoms with van der Waals surface area (Å²) in [5.41, 5.74) is 8.96. The molecule has 0 aliphatic carbocycles. The third kappa shape index (κ3) is 3.99. The summed E-state index contributed by atoms with van der Waals surface area (Å²) in [6.07, 6.45) is 0.274. The van der Waals surface area contributed by atoms with Crippen LogP contribution in [-0.4, -0.2) is 5.78 Å². The molecule has 0 aromatic heterocycles. The van der Waals surface area contributed by atoms with Crippen molar-refractivity contribution < 1.29 is 4.79 Å². The van der Waals surface area contributed by atoms with Gasteiger partial charge in [0.25, 0.3) is 0 Å². The van der Waals surface area contributed by atoms with E-state index in [0.717, 1.165) is 11.1 Å². The molecule has 0 heterocycles. The Bertz CT molecular complexity index is 896. The number of nitrogen functional groups attached to an aromatic ring is 1. The summed E-state index contributed by atoms with van der Waals surface area (Å²) in [7, 11) is 0. The van der Waals surface area contributed by atoms with E-state index in [1.54, 1.807) is 12.1 Å². The van der Waals surface area contributed by atoms with Crippen LogP contribution < -0.4 is 5.73 Å². The normalized spacial score (nSPS) is 12.7. The van der Waals surface area contributed by atoms with Crippen LogP contribution in [0.2, 0.25) is 0 Å². The summed E-state index contributed by atoms with van der Waals surface area (Å²) in [4.78, 5) is 12.8. The molecule has 0 saturated heterocycles. The van der Waals surface area contributed by atoms with Crippen molar-refractivity contribution in [2.45, 2.75) is 18.3 Å². The van der Waals surface area contributed by atoms with E-state index < -0.39 is 5.92 Å². The molecule has 26 heavy (non-hydrogen) atoms. The molecule has 0 spiro atoms. The highest BCUT2D eigenvalue weighted by Crippen LogP contribution is 2.36. The molecule has 2 N–H and O–H groups in total. The van der Waals surface area contributed by atoms with Gasteiger partial charge in [-0.25, -0.2) is 0 Å². The second kappa shape index (κ2) is 8.13. The monoisotopic (exact) mass is 340 g/mol. The van der Waals surface area contributed by atoms with Crippen LogP contribution in [0, 0.1) is 11.3 Å². The number of anilines is 1. The number of carbonyl (C=O) groups is 1. The summed E-state index contributed by atoms with van der Waals surface area (Å²) in [5.74, 6) is -0.613. The number of hydrogen-bond acceptors (Lipinski definition) is 3. The summed E-state index contributed by atoms with van der Waals surface area (Å²) < 4.78 is 0. The molecule has 2 atom stereocenters. The number of nitrogens with zero attached hydrogens (tertiary/aromatic N) is 1. The fourth-order valence-electron chi connectivity index (χ4n) is 3.17. The lowest BCUT2D eigenvalue weighted by Gasteiger charge is -2.22. The van der Waals surface area contributed by atoms with Gasteiger partial charge in [0, 0.05) is 23.6 Å². The van der Waals surface area contributed by atoms with Crippen LogP contribution in [0.5, 0.6) is 0 Å². The van der Waals surface area contributed by atoms with Crippen LogP contribution in [0.4, 0.5) is 5.69 Å². The van der Waals surface area contributed by atoms with Crippen LogP contribution in [0.25, 0.3) is 0 Å². The van der Waals surface area contributed by atoms with Gasteiger partial charge in [-0.05, 0) is 23.3 Å². The number of nitriles is 1. The number of carbonyl (C=O) groups excluding carboxylic acids is 1. The lowest BCUT2D eigenvalue weighted by molar-refractivity contribution is 0.0972. The maximum atomic E-state index is 12.8. The highest BCUT2D eigenvalue weighted by Gasteiger charge is 2.27. The maximum absolute atomic E-state index is 12.8. The molecule has 128 valence electrons. The fourth-order valence-corrected chi connectivity index (χ4v) is 3.17. The minimum absolute atomic E-state index is 0.0372. The molecule has 0 bridgehead atoms. The second-order valence-corrected chi connectivity index (χ2v) is 6.28.